The second-order valence-corrected chi connectivity index (χ2v) is 6.72. The number of nitrogens with zero attached hydrogens (tertiary/aromatic N) is 1. The van der Waals surface area contributed by atoms with Crippen LogP contribution < -0.4 is 25.0 Å². The molecule has 0 bridgehead atoms. The van der Waals surface area contributed by atoms with E-state index in [-0.39, 0.29) is 18.7 Å². The third kappa shape index (κ3) is 3.67. The maximum Gasteiger partial charge on any atom is 0.261 e. The molecule has 2 aromatic carbocycles. The van der Waals surface area contributed by atoms with Crippen molar-refractivity contribution in [1.82, 2.24) is 5.32 Å². The molecule has 0 radical (unpaired) electrons. The van der Waals surface area contributed by atoms with Crippen molar-refractivity contribution in [3.63, 3.8) is 0 Å². The Morgan fingerprint density at radius 2 is 1.93 bits per heavy atom. The molecule has 1 atom stereocenters. The number of carbonyl (C=O) groups is 3. The van der Waals surface area contributed by atoms with Crippen LogP contribution in [0.4, 0.5) is 11.4 Å². The summed E-state index contributed by atoms with van der Waals surface area (Å²) in [6, 6.07) is 10.1. The van der Waals surface area contributed by atoms with E-state index in [0.29, 0.717) is 36.1 Å². The zero-order chi connectivity index (χ0) is 21.1. The molecule has 0 aliphatic carbocycles. The molecule has 0 saturated heterocycles. The van der Waals surface area contributed by atoms with Gasteiger partial charge < -0.3 is 24.8 Å². The maximum absolute atomic E-state index is 13.5. The van der Waals surface area contributed by atoms with E-state index in [1.54, 1.807) is 42.5 Å². The maximum atomic E-state index is 13.5. The van der Waals surface area contributed by atoms with Crippen LogP contribution in [-0.4, -0.2) is 57.2 Å². The predicted octanol–water partition coefficient (Wildman–Crippen LogP) is 1.19. The monoisotopic (exact) mass is 411 g/mol. The Hall–Kier alpha value is -3.59. The lowest BCUT2D eigenvalue weighted by Gasteiger charge is -2.29. The Labute approximate surface area is 172 Å². The minimum atomic E-state index is -1.41. The lowest BCUT2D eigenvalue weighted by molar-refractivity contribution is -0.128. The van der Waals surface area contributed by atoms with E-state index in [9.17, 15) is 14.4 Å². The molecule has 0 aromatic heterocycles. The lowest BCUT2D eigenvalue weighted by Crippen LogP contribution is -2.55. The van der Waals surface area contributed by atoms with Crippen molar-refractivity contribution in [3.05, 3.63) is 48.0 Å². The number of nitrogens with one attached hydrogen (secondary N) is 2. The summed E-state index contributed by atoms with van der Waals surface area (Å²) in [5, 5.41) is 5.33. The fourth-order valence-electron chi connectivity index (χ4n) is 3.40. The number of hydrogen-bond donors (Lipinski definition) is 2. The Morgan fingerprint density at radius 1 is 1.17 bits per heavy atom. The highest BCUT2D eigenvalue weighted by Crippen LogP contribution is 2.36. The number of methoxy groups -OCH3 is 1. The van der Waals surface area contributed by atoms with Crippen LogP contribution in [0.1, 0.15) is 10.4 Å². The number of para-hydroxylation sites is 1. The highest BCUT2D eigenvalue weighted by atomic mass is 16.6. The van der Waals surface area contributed by atoms with Crippen LogP contribution >= 0.6 is 0 Å². The molecule has 2 aromatic rings. The molecule has 0 spiro atoms. The number of anilines is 2. The molecule has 9 heteroatoms. The van der Waals surface area contributed by atoms with Gasteiger partial charge in [-0.2, -0.15) is 0 Å². The number of fused-ring (bicyclic) bond motifs is 2. The fourth-order valence-corrected chi connectivity index (χ4v) is 3.40. The number of ether oxygens (including phenoxy) is 3. The standard InChI is InChI=1S/C21H21N3O6/c1-28-9-8-22-19(25)18-20(26)23-15-5-3-2-4-14(15)21(27)24(18)13-6-7-16-17(12-13)30-11-10-29-16/h2-7,12,18H,8-11H2,1H3,(H,22,25)(H,23,26). The van der Waals surface area contributed by atoms with Crippen LogP contribution in [0, 0.1) is 0 Å². The zero-order valence-corrected chi connectivity index (χ0v) is 16.3. The van der Waals surface area contributed by atoms with Crippen molar-refractivity contribution in [2.75, 3.05) is 43.7 Å². The van der Waals surface area contributed by atoms with Crippen molar-refractivity contribution in [2.45, 2.75) is 6.04 Å². The number of carbonyl (C=O) groups excluding carboxylic acids is 3. The Bertz CT molecular complexity index is 992. The van der Waals surface area contributed by atoms with Gasteiger partial charge in [0.25, 0.3) is 17.7 Å². The molecule has 0 saturated carbocycles. The number of hydrogen-bond acceptors (Lipinski definition) is 6. The summed E-state index contributed by atoms with van der Waals surface area (Å²) < 4.78 is 16.1. The minimum Gasteiger partial charge on any atom is -0.486 e. The molecule has 2 N–H and O–H groups in total. The van der Waals surface area contributed by atoms with Gasteiger partial charge in [0.1, 0.15) is 13.2 Å². The van der Waals surface area contributed by atoms with E-state index < -0.39 is 23.8 Å². The van der Waals surface area contributed by atoms with Crippen LogP contribution in [-0.2, 0) is 14.3 Å². The van der Waals surface area contributed by atoms with Crippen molar-refractivity contribution in [2.24, 2.45) is 0 Å². The first-order valence-corrected chi connectivity index (χ1v) is 9.50. The fraction of sp³-hybridized carbons (Fsp3) is 0.286. The highest BCUT2D eigenvalue weighted by molar-refractivity contribution is 6.24. The summed E-state index contributed by atoms with van der Waals surface area (Å²) >= 11 is 0. The second-order valence-electron chi connectivity index (χ2n) is 6.72. The van der Waals surface area contributed by atoms with Gasteiger partial charge in [0.15, 0.2) is 17.5 Å². The Kier molecular flexibility index (Phi) is 5.53. The lowest BCUT2D eigenvalue weighted by atomic mass is 10.1. The van der Waals surface area contributed by atoms with Crippen molar-refractivity contribution < 1.29 is 28.6 Å². The Morgan fingerprint density at radius 3 is 2.73 bits per heavy atom. The molecule has 3 amide bonds. The van der Waals surface area contributed by atoms with Crippen LogP contribution in [0.5, 0.6) is 11.5 Å². The SMILES string of the molecule is COCCNC(=O)C1C(=O)Nc2ccccc2C(=O)N1c1ccc2c(c1)OCCO2. The van der Waals surface area contributed by atoms with Gasteiger partial charge in [0.2, 0.25) is 0 Å². The molecule has 2 heterocycles. The van der Waals surface area contributed by atoms with Crippen LogP contribution in [0.2, 0.25) is 0 Å². The molecule has 156 valence electrons. The van der Waals surface area contributed by atoms with E-state index in [4.69, 9.17) is 14.2 Å². The molecule has 30 heavy (non-hydrogen) atoms. The first-order chi connectivity index (χ1) is 14.6. The molecule has 0 fully saturated rings. The van der Waals surface area contributed by atoms with Gasteiger partial charge in [0, 0.05) is 25.4 Å². The molecule has 9 nitrogen and oxygen atoms in total. The topological polar surface area (TPSA) is 106 Å². The highest BCUT2D eigenvalue weighted by Gasteiger charge is 2.41. The molecular weight excluding hydrogens is 390 g/mol. The molecule has 2 aliphatic rings. The van der Waals surface area contributed by atoms with Crippen molar-refractivity contribution in [3.8, 4) is 11.5 Å². The van der Waals surface area contributed by atoms with Crippen LogP contribution in [0.25, 0.3) is 0 Å². The van der Waals surface area contributed by atoms with Gasteiger partial charge in [-0.1, -0.05) is 12.1 Å². The van der Waals surface area contributed by atoms with Gasteiger partial charge in [-0.05, 0) is 24.3 Å². The normalized spacial score (nSPS) is 17.6. The summed E-state index contributed by atoms with van der Waals surface area (Å²) in [5.74, 6) is -0.715. The first-order valence-electron chi connectivity index (χ1n) is 9.50. The average Bonchev–Trinajstić information content (AvgIpc) is 2.87. The minimum absolute atomic E-state index is 0.204. The molecule has 2 aliphatic heterocycles. The summed E-state index contributed by atoms with van der Waals surface area (Å²) in [5.41, 5.74) is 0.984. The van der Waals surface area contributed by atoms with E-state index in [1.807, 2.05) is 0 Å². The number of amides is 3. The average molecular weight is 411 g/mol. The van der Waals surface area contributed by atoms with Gasteiger partial charge in [0.05, 0.1) is 17.9 Å². The van der Waals surface area contributed by atoms with Crippen molar-refractivity contribution >= 4 is 29.1 Å². The quantitative estimate of drug-likeness (QED) is 0.566. The first kappa shape index (κ1) is 19.7. The van der Waals surface area contributed by atoms with Gasteiger partial charge in [-0.25, -0.2) is 0 Å². The summed E-state index contributed by atoms with van der Waals surface area (Å²) in [6.07, 6.45) is 0. The van der Waals surface area contributed by atoms with Crippen LogP contribution in [0.15, 0.2) is 42.5 Å². The molecule has 4 rings (SSSR count). The van der Waals surface area contributed by atoms with Crippen molar-refractivity contribution in [1.29, 1.82) is 0 Å². The summed E-state index contributed by atoms with van der Waals surface area (Å²) in [7, 11) is 1.51. The zero-order valence-electron chi connectivity index (χ0n) is 16.3. The van der Waals surface area contributed by atoms with Gasteiger partial charge in [-0.15, -0.1) is 0 Å². The van der Waals surface area contributed by atoms with E-state index >= 15 is 0 Å². The largest absolute Gasteiger partial charge is 0.486 e. The predicted molar refractivity (Wildman–Crippen MR) is 108 cm³/mol. The number of benzene rings is 2. The second kappa shape index (κ2) is 8.42. The van der Waals surface area contributed by atoms with Crippen LogP contribution in [0.3, 0.4) is 0 Å². The van der Waals surface area contributed by atoms with E-state index in [1.165, 1.54) is 12.0 Å². The smallest absolute Gasteiger partial charge is 0.261 e. The summed E-state index contributed by atoms with van der Waals surface area (Å²) in [6.45, 7) is 1.28. The van der Waals surface area contributed by atoms with Gasteiger partial charge >= 0.3 is 0 Å². The van der Waals surface area contributed by atoms with E-state index in [2.05, 4.69) is 10.6 Å². The third-order valence-electron chi connectivity index (χ3n) is 4.80. The van der Waals surface area contributed by atoms with E-state index in [0.717, 1.165) is 0 Å². The Balaban J connectivity index is 1.78. The molecular formula is C21H21N3O6. The number of rotatable bonds is 5. The third-order valence-corrected chi connectivity index (χ3v) is 4.80. The summed E-state index contributed by atoms with van der Waals surface area (Å²) in [4.78, 5) is 40.6. The van der Waals surface area contributed by atoms with Gasteiger partial charge in [-0.3, -0.25) is 19.3 Å². The molecule has 1 unspecified atom stereocenters.